The zero-order chi connectivity index (χ0) is 11.4. The number of nitrogens with one attached hydrogen (secondary N) is 1. The Bertz CT molecular complexity index is 523. The zero-order valence-corrected chi connectivity index (χ0v) is 9.07. The van der Waals surface area contributed by atoms with Crippen LogP contribution in [0.15, 0.2) is 24.9 Å². The first-order chi connectivity index (χ1) is 7.78. The van der Waals surface area contributed by atoms with E-state index in [1.54, 1.807) is 29.5 Å². The molecular weight excluding hydrogens is 224 g/mol. The first-order valence-electron chi connectivity index (χ1n) is 4.46. The van der Waals surface area contributed by atoms with Gasteiger partial charge in [0.25, 0.3) is 0 Å². The molecule has 1 N–H and O–H groups in total. The summed E-state index contributed by atoms with van der Waals surface area (Å²) in [7, 11) is 0. The van der Waals surface area contributed by atoms with E-state index in [-0.39, 0.29) is 12.5 Å². The highest BCUT2D eigenvalue weighted by molar-refractivity contribution is 7.16. The summed E-state index contributed by atoms with van der Waals surface area (Å²) in [5, 5.41) is 3.17. The number of nitrogens with zero attached hydrogens (tertiary/aromatic N) is 3. The van der Waals surface area contributed by atoms with Crippen LogP contribution < -0.4 is 5.32 Å². The van der Waals surface area contributed by atoms with Crippen molar-refractivity contribution in [2.24, 2.45) is 0 Å². The summed E-state index contributed by atoms with van der Waals surface area (Å²) in [5.74, 6) is 2.30. The van der Waals surface area contributed by atoms with E-state index in [1.165, 1.54) is 11.3 Å². The molecule has 0 aliphatic heterocycles. The number of hydrogen-bond acceptors (Lipinski definition) is 4. The summed E-state index contributed by atoms with van der Waals surface area (Å²) in [6.45, 7) is 0.213. The quantitative estimate of drug-likeness (QED) is 0.802. The van der Waals surface area contributed by atoms with Crippen molar-refractivity contribution in [2.75, 3.05) is 5.32 Å². The summed E-state index contributed by atoms with van der Waals surface area (Å²) in [5.41, 5.74) is 0. The molecule has 0 atom stereocenters. The molecule has 0 radical (unpaired) electrons. The highest BCUT2D eigenvalue weighted by Gasteiger charge is 2.06. The molecule has 1 amide bonds. The molecule has 16 heavy (non-hydrogen) atoms. The fraction of sp³-hybridized carbons (Fsp3) is 0.100. The second-order valence-corrected chi connectivity index (χ2v) is 3.99. The van der Waals surface area contributed by atoms with Crippen molar-refractivity contribution < 1.29 is 4.79 Å². The lowest BCUT2D eigenvalue weighted by Gasteiger charge is -2.01. The lowest BCUT2D eigenvalue weighted by Crippen LogP contribution is -2.17. The average molecular weight is 232 g/mol. The Labute approximate surface area is 96.2 Å². The highest BCUT2D eigenvalue weighted by atomic mass is 32.1. The van der Waals surface area contributed by atoms with Crippen molar-refractivity contribution in [3.63, 3.8) is 0 Å². The van der Waals surface area contributed by atoms with Gasteiger partial charge in [-0.25, -0.2) is 9.97 Å². The molecule has 6 heteroatoms. The van der Waals surface area contributed by atoms with Gasteiger partial charge in [0.2, 0.25) is 5.91 Å². The van der Waals surface area contributed by atoms with Gasteiger partial charge >= 0.3 is 0 Å². The van der Waals surface area contributed by atoms with E-state index in [0.717, 1.165) is 0 Å². The first-order valence-corrected chi connectivity index (χ1v) is 5.27. The molecule has 0 fully saturated rings. The van der Waals surface area contributed by atoms with E-state index < -0.39 is 0 Å². The minimum Gasteiger partial charge on any atom is -0.328 e. The molecule has 0 saturated heterocycles. The number of amides is 1. The first kappa shape index (κ1) is 10.4. The molecule has 0 aliphatic carbocycles. The largest absolute Gasteiger partial charge is 0.328 e. The number of carbonyl (C=O) groups excluding carboxylic acids is 1. The summed E-state index contributed by atoms with van der Waals surface area (Å²) in [4.78, 5) is 20.0. The van der Waals surface area contributed by atoms with Crippen LogP contribution >= 0.6 is 11.3 Å². The number of thiazole rings is 1. The third-order valence-electron chi connectivity index (χ3n) is 1.78. The van der Waals surface area contributed by atoms with Crippen LogP contribution in [0.1, 0.15) is 4.88 Å². The molecule has 2 rings (SSSR count). The van der Waals surface area contributed by atoms with Gasteiger partial charge in [-0.05, 0) is 0 Å². The summed E-state index contributed by atoms with van der Waals surface area (Å²) >= 11 is 1.27. The fourth-order valence-corrected chi connectivity index (χ4v) is 1.75. The normalized spacial score (nSPS) is 9.69. The number of rotatable bonds is 3. The minimum atomic E-state index is -0.157. The van der Waals surface area contributed by atoms with Crippen molar-refractivity contribution >= 4 is 22.4 Å². The lowest BCUT2D eigenvalue weighted by atomic mass is 10.6. The number of anilines is 1. The maximum absolute atomic E-state index is 11.5. The third-order valence-corrected chi connectivity index (χ3v) is 2.62. The van der Waals surface area contributed by atoms with Crippen LogP contribution in [0.4, 0.5) is 5.13 Å². The van der Waals surface area contributed by atoms with Gasteiger partial charge in [-0.2, -0.15) is 0 Å². The van der Waals surface area contributed by atoms with Crippen LogP contribution in [-0.4, -0.2) is 20.4 Å². The second-order valence-electron chi connectivity index (χ2n) is 2.96. The monoisotopic (exact) mass is 232 g/mol. The van der Waals surface area contributed by atoms with Gasteiger partial charge in [0, 0.05) is 12.4 Å². The molecule has 2 aromatic rings. The van der Waals surface area contributed by atoms with Crippen LogP contribution in [0.2, 0.25) is 0 Å². The Balaban J connectivity index is 1.95. The van der Waals surface area contributed by atoms with Crippen molar-refractivity contribution in [3.8, 4) is 12.3 Å². The topological polar surface area (TPSA) is 59.8 Å². The van der Waals surface area contributed by atoms with Crippen molar-refractivity contribution in [1.82, 2.24) is 14.5 Å². The van der Waals surface area contributed by atoms with Gasteiger partial charge in [0.15, 0.2) is 5.13 Å². The zero-order valence-electron chi connectivity index (χ0n) is 8.25. The maximum atomic E-state index is 11.5. The molecular formula is C10H8N4OS. The van der Waals surface area contributed by atoms with Gasteiger partial charge < -0.3 is 9.88 Å². The average Bonchev–Trinajstić information content (AvgIpc) is 2.89. The number of hydrogen-bond donors (Lipinski definition) is 1. The molecule has 0 unspecified atom stereocenters. The molecule has 0 saturated carbocycles. The number of terminal acetylenes is 1. The third kappa shape index (κ3) is 2.46. The Morgan fingerprint density at radius 3 is 3.19 bits per heavy atom. The van der Waals surface area contributed by atoms with Gasteiger partial charge in [-0.15, -0.1) is 6.42 Å². The molecule has 2 heterocycles. The van der Waals surface area contributed by atoms with Gasteiger partial charge in [-0.1, -0.05) is 17.3 Å². The van der Waals surface area contributed by atoms with Crippen LogP contribution in [0.3, 0.4) is 0 Å². The Kier molecular flexibility index (Phi) is 2.98. The van der Waals surface area contributed by atoms with E-state index in [2.05, 4.69) is 21.2 Å². The summed E-state index contributed by atoms with van der Waals surface area (Å²) in [6, 6.07) is 0. The molecule has 5 nitrogen and oxygen atoms in total. The molecule has 80 valence electrons. The summed E-state index contributed by atoms with van der Waals surface area (Å²) < 4.78 is 1.67. The number of carbonyl (C=O) groups is 1. The van der Waals surface area contributed by atoms with E-state index in [0.29, 0.717) is 10.0 Å². The van der Waals surface area contributed by atoms with Crippen LogP contribution in [0.5, 0.6) is 0 Å². The Morgan fingerprint density at radius 2 is 2.56 bits per heavy atom. The van der Waals surface area contributed by atoms with Gasteiger partial charge in [0.1, 0.15) is 6.54 Å². The predicted molar refractivity (Wildman–Crippen MR) is 60.9 cm³/mol. The molecule has 0 aliphatic rings. The van der Waals surface area contributed by atoms with Crippen LogP contribution in [0.25, 0.3) is 0 Å². The minimum absolute atomic E-state index is 0.157. The van der Waals surface area contributed by atoms with Crippen molar-refractivity contribution in [1.29, 1.82) is 0 Å². The fourth-order valence-electron chi connectivity index (χ4n) is 1.10. The second kappa shape index (κ2) is 4.59. The molecule has 0 aromatic carbocycles. The predicted octanol–water partition coefficient (Wildman–Crippen LogP) is 0.960. The number of aromatic nitrogens is 3. The maximum Gasteiger partial charge on any atom is 0.246 e. The highest BCUT2D eigenvalue weighted by Crippen LogP contribution is 2.16. The number of imidazole rings is 1. The SMILES string of the molecule is C#Cc1cnc(NC(=O)Cn2ccnc2)s1. The standard InChI is InChI=1S/C10H8N4OS/c1-2-8-5-12-10(16-8)13-9(15)6-14-4-3-11-7-14/h1,3-5,7H,6H2,(H,12,13,15). The Morgan fingerprint density at radius 1 is 1.69 bits per heavy atom. The summed E-state index contributed by atoms with van der Waals surface area (Å²) in [6.07, 6.45) is 11.7. The van der Waals surface area contributed by atoms with E-state index in [1.807, 2.05) is 0 Å². The molecule has 0 spiro atoms. The lowest BCUT2D eigenvalue weighted by molar-refractivity contribution is -0.116. The smallest absolute Gasteiger partial charge is 0.246 e. The van der Waals surface area contributed by atoms with Crippen molar-refractivity contribution in [3.05, 3.63) is 29.8 Å². The van der Waals surface area contributed by atoms with Gasteiger partial charge in [0.05, 0.1) is 17.4 Å². The van der Waals surface area contributed by atoms with Crippen LogP contribution in [-0.2, 0) is 11.3 Å². The van der Waals surface area contributed by atoms with Crippen molar-refractivity contribution in [2.45, 2.75) is 6.54 Å². The molecule has 0 bridgehead atoms. The van der Waals surface area contributed by atoms with Crippen LogP contribution in [0, 0.1) is 12.3 Å². The van der Waals surface area contributed by atoms with E-state index in [9.17, 15) is 4.79 Å². The van der Waals surface area contributed by atoms with E-state index >= 15 is 0 Å². The van der Waals surface area contributed by atoms with E-state index in [4.69, 9.17) is 6.42 Å². The molecule has 2 aromatic heterocycles. The Hall–Kier alpha value is -2.13. The van der Waals surface area contributed by atoms with Gasteiger partial charge in [-0.3, -0.25) is 4.79 Å².